The van der Waals surface area contributed by atoms with Gasteiger partial charge >= 0.3 is 0 Å². The monoisotopic (exact) mass is 528 g/mol. The van der Waals surface area contributed by atoms with E-state index in [2.05, 4.69) is 5.32 Å². The van der Waals surface area contributed by atoms with Crippen LogP contribution in [0.25, 0.3) is 0 Å². The SMILES string of the molecule is CCN(CC)S(=O)(=O)c1ccc(NCC(=O)N2CCN(S(=O)(=O)c3ccc(Cl)cc3)CC2)cc1. The van der Waals surface area contributed by atoms with Gasteiger partial charge in [0, 0.05) is 50.0 Å². The maximum absolute atomic E-state index is 12.8. The summed E-state index contributed by atoms with van der Waals surface area (Å²) in [6.07, 6.45) is 0. The number of hydrogen-bond donors (Lipinski definition) is 1. The van der Waals surface area contributed by atoms with Crippen LogP contribution in [0.1, 0.15) is 13.8 Å². The van der Waals surface area contributed by atoms with Crippen LogP contribution in [0.5, 0.6) is 0 Å². The number of anilines is 1. The average molecular weight is 529 g/mol. The molecule has 1 fully saturated rings. The van der Waals surface area contributed by atoms with Crippen LogP contribution in [0.3, 0.4) is 0 Å². The standard InChI is InChI=1S/C22H29ClN4O5S2/c1-3-26(4-2)33(29,30)21-11-7-19(8-12-21)24-17-22(28)25-13-15-27(16-14-25)34(31,32)20-9-5-18(23)6-10-20/h5-12,24H,3-4,13-17H2,1-2H3. The van der Waals surface area contributed by atoms with Gasteiger partial charge in [0.05, 0.1) is 16.3 Å². The molecular weight excluding hydrogens is 500 g/mol. The average Bonchev–Trinajstić information content (AvgIpc) is 2.83. The molecule has 0 atom stereocenters. The van der Waals surface area contributed by atoms with Gasteiger partial charge in [0.15, 0.2) is 0 Å². The maximum Gasteiger partial charge on any atom is 0.243 e. The van der Waals surface area contributed by atoms with Crippen molar-refractivity contribution in [2.75, 3.05) is 51.1 Å². The van der Waals surface area contributed by atoms with E-state index < -0.39 is 20.0 Å². The molecule has 9 nitrogen and oxygen atoms in total. The summed E-state index contributed by atoms with van der Waals surface area (Å²) in [4.78, 5) is 14.6. The second-order valence-electron chi connectivity index (χ2n) is 7.71. The first-order chi connectivity index (χ1) is 16.1. The van der Waals surface area contributed by atoms with Gasteiger partial charge in [-0.15, -0.1) is 0 Å². The summed E-state index contributed by atoms with van der Waals surface area (Å²) in [6.45, 7) is 5.35. The van der Waals surface area contributed by atoms with E-state index in [9.17, 15) is 21.6 Å². The van der Waals surface area contributed by atoms with Crippen LogP contribution < -0.4 is 5.32 Å². The molecule has 0 unspecified atom stereocenters. The second-order valence-corrected chi connectivity index (χ2v) is 12.0. The van der Waals surface area contributed by atoms with Gasteiger partial charge in [-0.1, -0.05) is 25.4 Å². The molecule has 1 saturated heterocycles. The van der Waals surface area contributed by atoms with Crippen LogP contribution in [0.4, 0.5) is 5.69 Å². The lowest BCUT2D eigenvalue weighted by Gasteiger charge is -2.34. The normalized spacial score (nSPS) is 15.5. The van der Waals surface area contributed by atoms with Gasteiger partial charge in [-0.25, -0.2) is 16.8 Å². The van der Waals surface area contributed by atoms with Gasteiger partial charge in [-0.2, -0.15) is 8.61 Å². The molecule has 0 bridgehead atoms. The van der Waals surface area contributed by atoms with Crippen molar-refractivity contribution in [3.8, 4) is 0 Å². The van der Waals surface area contributed by atoms with Crippen LogP contribution >= 0.6 is 11.6 Å². The molecule has 1 aliphatic rings. The number of nitrogens with zero attached hydrogens (tertiary/aromatic N) is 3. The number of rotatable bonds is 9. The summed E-state index contributed by atoms with van der Waals surface area (Å²) in [7, 11) is -7.18. The molecule has 2 aromatic rings. The van der Waals surface area contributed by atoms with Crippen molar-refractivity contribution in [1.82, 2.24) is 13.5 Å². The highest BCUT2D eigenvalue weighted by Crippen LogP contribution is 2.21. The molecule has 3 rings (SSSR count). The van der Waals surface area contributed by atoms with Crippen molar-refractivity contribution in [2.45, 2.75) is 23.6 Å². The highest BCUT2D eigenvalue weighted by Gasteiger charge is 2.30. The molecule has 2 aromatic carbocycles. The van der Waals surface area contributed by atoms with Gasteiger partial charge in [0.25, 0.3) is 0 Å². The Kier molecular flexibility index (Phi) is 8.58. The van der Waals surface area contributed by atoms with Crippen LogP contribution in [-0.4, -0.2) is 82.1 Å². The number of nitrogens with one attached hydrogen (secondary N) is 1. The lowest BCUT2D eigenvalue weighted by molar-refractivity contribution is -0.130. The quantitative estimate of drug-likeness (QED) is 0.535. The Morgan fingerprint density at radius 1 is 0.882 bits per heavy atom. The van der Waals surface area contributed by atoms with Crippen LogP contribution in [0.2, 0.25) is 5.02 Å². The number of halogens is 1. The van der Waals surface area contributed by atoms with E-state index in [0.29, 0.717) is 23.8 Å². The third-order valence-corrected chi connectivity index (χ3v) is 9.91. The maximum atomic E-state index is 12.8. The number of amides is 1. The predicted octanol–water partition coefficient (Wildman–Crippen LogP) is 2.32. The van der Waals surface area contributed by atoms with E-state index >= 15 is 0 Å². The molecule has 1 amide bonds. The number of benzene rings is 2. The molecule has 12 heteroatoms. The summed E-state index contributed by atoms with van der Waals surface area (Å²) < 4.78 is 53.5. The first-order valence-corrected chi connectivity index (χ1v) is 14.2. The third-order valence-electron chi connectivity index (χ3n) is 5.68. The zero-order valence-corrected chi connectivity index (χ0v) is 21.5. The molecule has 0 radical (unpaired) electrons. The highest BCUT2D eigenvalue weighted by molar-refractivity contribution is 7.89. The summed E-state index contributed by atoms with van der Waals surface area (Å²) >= 11 is 5.84. The van der Waals surface area contributed by atoms with Crippen molar-refractivity contribution < 1.29 is 21.6 Å². The number of carbonyl (C=O) groups excluding carboxylic acids is 1. The molecule has 0 saturated carbocycles. The Morgan fingerprint density at radius 2 is 1.41 bits per heavy atom. The highest BCUT2D eigenvalue weighted by atomic mass is 35.5. The molecule has 186 valence electrons. The zero-order chi connectivity index (χ0) is 24.9. The van der Waals surface area contributed by atoms with E-state index in [-0.39, 0.29) is 48.4 Å². The molecule has 34 heavy (non-hydrogen) atoms. The fourth-order valence-corrected chi connectivity index (χ4v) is 6.69. The molecule has 1 aliphatic heterocycles. The van der Waals surface area contributed by atoms with Crippen LogP contribution in [0.15, 0.2) is 58.3 Å². The molecule has 0 spiro atoms. The number of carbonyl (C=O) groups is 1. The second kappa shape index (κ2) is 11.0. The lowest BCUT2D eigenvalue weighted by Crippen LogP contribution is -2.51. The lowest BCUT2D eigenvalue weighted by atomic mass is 10.3. The van der Waals surface area contributed by atoms with Crippen molar-refractivity contribution in [3.05, 3.63) is 53.6 Å². The topological polar surface area (TPSA) is 107 Å². The first-order valence-electron chi connectivity index (χ1n) is 11.0. The van der Waals surface area contributed by atoms with Gasteiger partial charge < -0.3 is 10.2 Å². The fraction of sp³-hybridized carbons (Fsp3) is 0.409. The summed E-state index contributed by atoms with van der Waals surface area (Å²) in [6, 6.07) is 12.3. The summed E-state index contributed by atoms with van der Waals surface area (Å²) in [5.41, 5.74) is 0.621. The van der Waals surface area contributed by atoms with E-state index in [1.165, 1.54) is 45.0 Å². The van der Waals surface area contributed by atoms with Crippen LogP contribution in [0, 0.1) is 0 Å². The largest absolute Gasteiger partial charge is 0.376 e. The van der Waals surface area contributed by atoms with Crippen molar-refractivity contribution in [1.29, 1.82) is 0 Å². The molecule has 1 N–H and O–H groups in total. The van der Waals surface area contributed by atoms with Gasteiger partial charge in [-0.05, 0) is 48.5 Å². The summed E-state index contributed by atoms with van der Waals surface area (Å²) in [5, 5.41) is 3.47. The molecular formula is C22H29ClN4O5S2. The fourth-order valence-electron chi connectivity index (χ4n) is 3.68. The summed E-state index contributed by atoms with van der Waals surface area (Å²) in [5.74, 6) is -0.164. The minimum atomic E-state index is -3.64. The van der Waals surface area contributed by atoms with Crippen molar-refractivity contribution >= 4 is 43.2 Å². The molecule has 0 aromatic heterocycles. The Labute approximate surface area is 206 Å². The Balaban J connectivity index is 1.53. The minimum absolute atomic E-state index is 0.0199. The Hall–Kier alpha value is -2.18. The number of hydrogen-bond acceptors (Lipinski definition) is 6. The first kappa shape index (κ1) is 26.4. The number of sulfonamides is 2. The van der Waals surface area contributed by atoms with E-state index in [1.54, 1.807) is 30.9 Å². The van der Waals surface area contributed by atoms with Crippen molar-refractivity contribution in [2.24, 2.45) is 0 Å². The van der Waals surface area contributed by atoms with Crippen LogP contribution in [-0.2, 0) is 24.8 Å². The van der Waals surface area contributed by atoms with Crippen molar-refractivity contribution in [3.63, 3.8) is 0 Å². The van der Waals surface area contributed by atoms with E-state index in [1.807, 2.05) is 0 Å². The predicted molar refractivity (Wildman–Crippen MR) is 132 cm³/mol. The van der Waals surface area contributed by atoms with Gasteiger partial charge in [-0.3, -0.25) is 4.79 Å². The molecule has 1 heterocycles. The van der Waals surface area contributed by atoms with E-state index in [0.717, 1.165) is 0 Å². The smallest absolute Gasteiger partial charge is 0.243 e. The van der Waals surface area contributed by atoms with Gasteiger partial charge in [0.1, 0.15) is 0 Å². The Bertz CT molecular complexity index is 1190. The van der Waals surface area contributed by atoms with E-state index in [4.69, 9.17) is 11.6 Å². The minimum Gasteiger partial charge on any atom is -0.376 e. The Morgan fingerprint density at radius 3 is 1.94 bits per heavy atom. The van der Waals surface area contributed by atoms with Gasteiger partial charge in [0.2, 0.25) is 26.0 Å². The number of piperazine rings is 1. The third kappa shape index (κ3) is 5.89. The molecule has 0 aliphatic carbocycles. The zero-order valence-electron chi connectivity index (χ0n) is 19.1.